The zero-order valence-corrected chi connectivity index (χ0v) is 21.1. The van der Waals surface area contributed by atoms with Crippen LogP contribution in [0.1, 0.15) is 54.4 Å². The van der Waals surface area contributed by atoms with Gasteiger partial charge in [0.15, 0.2) is 0 Å². The van der Waals surface area contributed by atoms with Crippen LogP contribution in [-0.4, -0.2) is 93.4 Å². The SMILES string of the molecule is C=C(C)C(=O)OCC(O)CON(OCC(O)COC(=O)C(=C)C)C1CC(C)(C)N(O)C(C)(C)C1. The largest absolute Gasteiger partial charge is 0.460 e. The Balaban J connectivity index is 2.82. The van der Waals surface area contributed by atoms with Gasteiger partial charge < -0.3 is 24.9 Å². The van der Waals surface area contributed by atoms with E-state index in [9.17, 15) is 25.0 Å². The highest BCUT2D eigenvalue weighted by Crippen LogP contribution is 2.39. The van der Waals surface area contributed by atoms with E-state index in [1.165, 1.54) is 24.1 Å². The predicted molar refractivity (Wildman–Crippen MR) is 122 cm³/mol. The first-order chi connectivity index (χ1) is 15.6. The van der Waals surface area contributed by atoms with E-state index in [1.807, 2.05) is 27.7 Å². The second-order valence-electron chi connectivity index (χ2n) is 9.94. The predicted octanol–water partition coefficient (Wildman–Crippen LogP) is 1.52. The van der Waals surface area contributed by atoms with Gasteiger partial charge in [0.1, 0.15) is 38.6 Å². The van der Waals surface area contributed by atoms with Gasteiger partial charge in [-0.3, -0.25) is 9.68 Å². The fraction of sp³-hybridized carbons (Fsp3) is 0.739. The van der Waals surface area contributed by atoms with Gasteiger partial charge in [0.25, 0.3) is 0 Å². The molecule has 196 valence electrons. The standard InChI is InChI=1S/C23H40N2O9/c1-15(2)20(28)31-11-18(26)13-33-24(34-14-19(27)12-32-21(29)16(3)4)17-9-22(5,6)25(30)23(7,8)10-17/h17-19,26-27,30H,1,3,9-14H2,2,4-8H3. The van der Waals surface area contributed by atoms with Crippen molar-refractivity contribution in [1.82, 2.24) is 10.3 Å². The van der Waals surface area contributed by atoms with Crippen molar-refractivity contribution >= 4 is 11.9 Å². The molecule has 0 amide bonds. The lowest BCUT2D eigenvalue weighted by Gasteiger charge is -2.52. The minimum atomic E-state index is -1.14. The normalized spacial score (nSPS) is 19.9. The minimum absolute atomic E-state index is 0.208. The summed E-state index contributed by atoms with van der Waals surface area (Å²) in [5, 5.41) is 33.4. The molecule has 0 spiro atoms. The van der Waals surface area contributed by atoms with Crippen LogP contribution in [0.3, 0.4) is 0 Å². The van der Waals surface area contributed by atoms with Crippen molar-refractivity contribution in [3.05, 3.63) is 24.3 Å². The molecule has 3 N–H and O–H groups in total. The number of ether oxygens (including phenoxy) is 2. The van der Waals surface area contributed by atoms with Gasteiger partial charge in [-0.25, -0.2) is 9.59 Å². The van der Waals surface area contributed by atoms with Gasteiger partial charge in [-0.1, -0.05) is 18.4 Å². The van der Waals surface area contributed by atoms with E-state index in [1.54, 1.807) is 0 Å². The van der Waals surface area contributed by atoms with Crippen LogP contribution in [0.2, 0.25) is 0 Å². The number of aliphatic hydroxyl groups is 2. The summed E-state index contributed by atoms with van der Waals surface area (Å²) in [6.45, 7) is 16.3. The Labute approximate surface area is 201 Å². The van der Waals surface area contributed by atoms with Crippen LogP contribution in [0.15, 0.2) is 24.3 Å². The zero-order valence-electron chi connectivity index (χ0n) is 21.1. The Kier molecular flexibility index (Phi) is 11.3. The molecular weight excluding hydrogens is 448 g/mol. The van der Waals surface area contributed by atoms with Gasteiger partial charge in [0.2, 0.25) is 0 Å². The average Bonchev–Trinajstić information content (AvgIpc) is 2.73. The molecular formula is C23H40N2O9. The Hall–Kier alpha value is -1.86. The molecule has 11 heteroatoms. The molecule has 0 bridgehead atoms. The third kappa shape index (κ3) is 9.41. The Morgan fingerprint density at radius 2 is 1.24 bits per heavy atom. The number of carbonyl (C=O) groups excluding carboxylic acids is 2. The first kappa shape index (κ1) is 30.2. The molecule has 2 unspecified atom stereocenters. The molecule has 1 saturated heterocycles. The maximum Gasteiger partial charge on any atom is 0.333 e. The third-order valence-electron chi connectivity index (χ3n) is 5.21. The first-order valence-electron chi connectivity index (χ1n) is 11.1. The molecule has 0 aromatic rings. The molecule has 1 fully saturated rings. The molecule has 2 atom stereocenters. The number of carbonyl (C=O) groups is 2. The lowest BCUT2D eigenvalue weighted by atomic mass is 9.79. The second-order valence-corrected chi connectivity index (χ2v) is 9.94. The smallest absolute Gasteiger partial charge is 0.333 e. The number of esters is 2. The monoisotopic (exact) mass is 488 g/mol. The second kappa shape index (κ2) is 12.7. The van der Waals surface area contributed by atoms with Crippen LogP contribution >= 0.6 is 0 Å². The van der Waals surface area contributed by atoms with Crippen LogP contribution in [0.5, 0.6) is 0 Å². The van der Waals surface area contributed by atoms with Crippen LogP contribution in [-0.2, 0) is 28.7 Å². The lowest BCUT2D eigenvalue weighted by Crippen LogP contribution is -2.63. The zero-order chi connectivity index (χ0) is 26.3. The van der Waals surface area contributed by atoms with Crippen molar-refractivity contribution in [3.63, 3.8) is 0 Å². The lowest BCUT2D eigenvalue weighted by molar-refractivity contribution is -0.413. The number of aliphatic hydroxyl groups excluding tert-OH is 2. The van der Waals surface area contributed by atoms with Gasteiger partial charge in [-0.15, -0.1) is 0 Å². The molecule has 1 aliphatic heterocycles. The van der Waals surface area contributed by atoms with Crippen LogP contribution in [0.25, 0.3) is 0 Å². The fourth-order valence-electron chi connectivity index (χ4n) is 3.62. The summed E-state index contributed by atoms with van der Waals surface area (Å²) in [7, 11) is 0. The molecule has 34 heavy (non-hydrogen) atoms. The third-order valence-corrected chi connectivity index (χ3v) is 5.21. The Bertz CT molecular complexity index is 680. The van der Waals surface area contributed by atoms with E-state index in [0.717, 1.165) is 0 Å². The quantitative estimate of drug-likeness (QED) is 0.198. The highest BCUT2D eigenvalue weighted by atomic mass is 17.0. The Morgan fingerprint density at radius 3 is 1.56 bits per heavy atom. The topological polar surface area (TPSA) is 138 Å². The first-order valence-corrected chi connectivity index (χ1v) is 11.1. The van der Waals surface area contributed by atoms with Crippen molar-refractivity contribution in [2.45, 2.75) is 83.7 Å². The van der Waals surface area contributed by atoms with Crippen LogP contribution < -0.4 is 0 Å². The molecule has 1 rings (SSSR count). The van der Waals surface area contributed by atoms with Gasteiger partial charge in [-0.05, 0) is 54.4 Å². The van der Waals surface area contributed by atoms with E-state index in [2.05, 4.69) is 13.2 Å². The number of hydrogen-bond donors (Lipinski definition) is 3. The molecule has 0 aromatic carbocycles. The van der Waals surface area contributed by atoms with Crippen molar-refractivity contribution in [2.75, 3.05) is 26.4 Å². The number of nitrogens with zero attached hydrogens (tertiary/aromatic N) is 2. The molecule has 11 nitrogen and oxygen atoms in total. The van der Waals surface area contributed by atoms with Crippen molar-refractivity contribution in [1.29, 1.82) is 0 Å². The summed E-state index contributed by atoms with van der Waals surface area (Å²) in [4.78, 5) is 34.4. The summed E-state index contributed by atoms with van der Waals surface area (Å²) in [6, 6.07) is -0.358. The van der Waals surface area contributed by atoms with Crippen LogP contribution in [0.4, 0.5) is 0 Å². The molecule has 0 aliphatic carbocycles. The summed E-state index contributed by atoms with van der Waals surface area (Å²) >= 11 is 0. The van der Waals surface area contributed by atoms with E-state index in [4.69, 9.17) is 19.1 Å². The summed E-state index contributed by atoms with van der Waals surface area (Å²) in [6.07, 6.45) is -1.41. The summed E-state index contributed by atoms with van der Waals surface area (Å²) in [5.74, 6) is -1.25. The highest BCUT2D eigenvalue weighted by molar-refractivity contribution is 5.87. The molecule has 0 radical (unpaired) electrons. The number of hydrogen-bond acceptors (Lipinski definition) is 11. The van der Waals surface area contributed by atoms with E-state index in [0.29, 0.717) is 12.8 Å². The summed E-state index contributed by atoms with van der Waals surface area (Å²) in [5.41, 5.74) is -0.829. The molecule has 1 aliphatic rings. The molecule has 0 aromatic heterocycles. The van der Waals surface area contributed by atoms with Crippen molar-refractivity contribution in [3.8, 4) is 0 Å². The maximum absolute atomic E-state index is 11.5. The van der Waals surface area contributed by atoms with Gasteiger partial charge in [0.05, 0.1) is 6.04 Å². The van der Waals surface area contributed by atoms with Crippen LogP contribution in [0, 0.1) is 0 Å². The number of hydroxylamine groups is 4. The van der Waals surface area contributed by atoms with E-state index in [-0.39, 0.29) is 43.6 Å². The number of piperidine rings is 1. The Morgan fingerprint density at radius 1 is 0.882 bits per heavy atom. The van der Waals surface area contributed by atoms with Crippen molar-refractivity contribution in [2.24, 2.45) is 0 Å². The fourth-order valence-corrected chi connectivity index (χ4v) is 3.62. The summed E-state index contributed by atoms with van der Waals surface area (Å²) < 4.78 is 9.86. The molecule has 1 heterocycles. The van der Waals surface area contributed by atoms with Gasteiger partial charge in [-0.2, -0.15) is 5.06 Å². The highest BCUT2D eigenvalue weighted by Gasteiger charge is 2.47. The van der Waals surface area contributed by atoms with E-state index < -0.39 is 35.2 Å². The maximum atomic E-state index is 11.5. The average molecular weight is 489 g/mol. The number of rotatable bonds is 13. The van der Waals surface area contributed by atoms with Gasteiger partial charge in [0, 0.05) is 22.2 Å². The van der Waals surface area contributed by atoms with Gasteiger partial charge >= 0.3 is 11.9 Å². The van der Waals surface area contributed by atoms with E-state index >= 15 is 0 Å². The minimum Gasteiger partial charge on any atom is -0.460 e. The van der Waals surface area contributed by atoms with Crippen molar-refractivity contribution < 1.29 is 44.2 Å². The molecule has 0 saturated carbocycles.